The van der Waals surface area contributed by atoms with Gasteiger partial charge < -0.3 is 9.88 Å². The summed E-state index contributed by atoms with van der Waals surface area (Å²) in [5.74, 6) is 1.69. The highest BCUT2D eigenvalue weighted by Crippen LogP contribution is 2.18. The zero-order valence-electron chi connectivity index (χ0n) is 16.4. The van der Waals surface area contributed by atoms with Gasteiger partial charge in [-0.05, 0) is 49.9 Å². The van der Waals surface area contributed by atoms with E-state index in [0.29, 0.717) is 12.3 Å². The lowest BCUT2D eigenvalue weighted by molar-refractivity contribution is -0.116. The Kier molecular flexibility index (Phi) is 6.22. The molecule has 0 radical (unpaired) electrons. The van der Waals surface area contributed by atoms with E-state index in [4.69, 9.17) is 4.98 Å². The van der Waals surface area contributed by atoms with Crippen molar-refractivity contribution in [2.75, 3.05) is 5.32 Å². The molecule has 0 unspecified atom stereocenters. The molecule has 0 atom stereocenters. The molecule has 5 heteroatoms. The van der Waals surface area contributed by atoms with Gasteiger partial charge in [-0.25, -0.2) is 9.97 Å². The van der Waals surface area contributed by atoms with Gasteiger partial charge in [0.25, 0.3) is 0 Å². The van der Waals surface area contributed by atoms with Crippen LogP contribution in [0.3, 0.4) is 0 Å². The third-order valence-corrected chi connectivity index (χ3v) is 4.65. The summed E-state index contributed by atoms with van der Waals surface area (Å²) in [7, 11) is 0. The molecule has 0 aliphatic heterocycles. The van der Waals surface area contributed by atoms with Crippen LogP contribution in [-0.2, 0) is 17.8 Å². The highest BCUT2D eigenvalue weighted by molar-refractivity contribution is 5.90. The molecule has 0 saturated carbocycles. The number of pyridine rings is 1. The van der Waals surface area contributed by atoms with Crippen molar-refractivity contribution in [1.29, 1.82) is 0 Å². The number of imidazole rings is 1. The third kappa shape index (κ3) is 5.16. The fourth-order valence-corrected chi connectivity index (χ4v) is 3.09. The summed E-state index contributed by atoms with van der Waals surface area (Å²) in [4.78, 5) is 21.5. The monoisotopic (exact) mass is 364 g/mol. The molecule has 0 fully saturated rings. The number of carbonyl (C=O) groups excluding carboxylic acids is 1. The van der Waals surface area contributed by atoms with Crippen LogP contribution in [0.5, 0.6) is 0 Å². The number of benzene rings is 1. The molecule has 3 rings (SSSR count). The molecule has 27 heavy (non-hydrogen) atoms. The van der Waals surface area contributed by atoms with E-state index in [1.165, 1.54) is 5.56 Å². The van der Waals surface area contributed by atoms with Gasteiger partial charge in [-0.2, -0.15) is 0 Å². The molecule has 2 aromatic heterocycles. The third-order valence-electron chi connectivity index (χ3n) is 4.65. The van der Waals surface area contributed by atoms with Gasteiger partial charge in [0.05, 0.1) is 0 Å². The fraction of sp³-hybridized carbons (Fsp3) is 0.409. The number of amides is 1. The van der Waals surface area contributed by atoms with Crippen LogP contribution in [0.1, 0.15) is 44.5 Å². The van der Waals surface area contributed by atoms with E-state index in [2.05, 4.69) is 28.7 Å². The summed E-state index contributed by atoms with van der Waals surface area (Å²) in [6.45, 7) is 7.39. The summed E-state index contributed by atoms with van der Waals surface area (Å²) >= 11 is 0. The second-order valence-electron chi connectivity index (χ2n) is 7.48. The maximum atomic E-state index is 12.2. The summed E-state index contributed by atoms with van der Waals surface area (Å²) in [6, 6.07) is 11.8. The van der Waals surface area contributed by atoms with Gasteiger partial charge in [0.2, 0.25) is 5.91 Å². The van der Waals surface area contributed by atoms with E-state index in [1.807, 2.05) is 49.5 Å². The van der Waals surface area contributed by atoms with Crippen molar-refractivity contribution in [2.24, 2.45) is 5.92 Å². The summed E-state index contributed by atoms with van der Waals surface area (Å²) in [6.07, 6.45) is 4.92. The van der Waals surface area contributed by atoms with Gasteiger partial charge in [0.15, 0.2) is 5.65 Å². The molecule has 0 aliphatic rings. The number of fused-ring (bicyclic) bond motifs is 1. The second kappa shape index (κ2) is 8.80. The van der Waals surface area contributed by atoms with Crippen molar-refractivity contribution >= 4 is 22.8 Å². The lowest BCUT2D eigenvalue weighted by Crippen LogP contribution is -2.12. The molecular formula is C22H28N4O. The quantitative estimate of drug-likeness (QED) is 0.627. The molecule has 2 heterocycles. The van der Waals surface area contributed by atoms with E-state index >= 15 is 0 Å². The minimum absolute atomic E-state index is 0.0434. The average Bonchev–Trinajstić information content (AvgIpc) is 2.99. The van der Waals surface area contributed by atoms with Crippen LogP contribution in [0.4, 0.5) is 5.69 Å². The number of hydrogen-bond acceptors (Lipinski definition) is 3. The van der Waals surface area contributed by atoms with Crippen molar-refractivity contribution in [1.82, 2.24) is 14.5 Å². The van der Waals surface area contributed by atoms with Gasteiger partial charge in [-0.15, -0.1) is 0 Å². The Balaban J connectivity index is 1.61. The average molecular weight is 364 g/mol. The SMILES string of the molecule is Cc1ccc(NC(=O)CCCc2nc3cccnc3n2CCC(C)C)cc1. The predicted octanol–water partition coefficient (Wildman–Crippen LogP) is 4.75. The van der Waals surface area contributed by atoms with Crippen LogP contribution in [0.25, 0.3) is 11.2 Å². The molecule has 5 nitrogen and oxygen atoms in total. The van der Waals surface area contributed by atoms with Crippen LogP contribution < -0.4 is 5.32 Å². The molecule has 0 bridgehead atoms. The van der Waals surface area contributed by atoms with E-state index < -0.39 is 0 Å². The Bertz CT molecular complexity index is 896. The number of nitrogens with one attached hydrogen (secondary N) is 1. The lowest BCUT2D eigenvalue weighted by atomic mass is 10.1. The van der Waals surface area contributed by atoms with Crippen LogP contribution in [0, 0.1) is 12.8 Å². The maximum absolute atomic E-state index is 12.2. The van der Waals surface area contributed by atoms with E-state index in [1.54, 1.807) is 0 Å². The highest BCUT2D eigenvalue weighted by Gasteiger charge is 2.12. The van der Waals surface area contributed by atoms with Crippen molar-refractivity contribution in [3.63, 3.8) is 0 Å². The van der Waals surface area contributed by atoms with Crippen LogP contribution in [0.2, 0.25) is 0 Å². The van der Waals surface area contributed by atoms with E-state index in [9.17, 15) is 4.79 Å². The van der Waals surface area contributed by atoms with Gasteiger partial charge in [-0.3, -0.25) is 4.79 Å². The first-order valence-electron chi connectivity index (χ1n) is 9.69. The molecule has 0 spiro atoms. The number of carbonyl (C=O) groups is 1. The van der Waals surface area contributed by atoms with Crippen LogP contribution in [0.15, 0.2) is 42.6 Å². The largest absolute Gasteiger partial charge is 0.326 e. The molecule has 0 saturated heterocycles. The summed E-state index contributed by atoms with van der Waals surface area (Å²) in [5.41, 5.74) is 3.90. The number of aromatic nitrogens is 3. The van der Waals surface area contributed by atoms with Crippen molar-refractivity contribution in [3.05, 3.63) is 54.0 Å². The number of anilines is 1. The van der Waals surface area contributed by atoms with Gasteiger partial charge in [0, 0.05) is 31.3 Å². The van der Waals surface area contributed by atoms with Crippen LogP contribution >= 0.6 is 0 Å². The van der Waals surface area contributed by atoms with Gasteiger partial charge >= 0.3 is 0 Å². The summed E-state index contributed by atoms with van der Waals surface area (Å²) < 4.78 is 2.22. The maximum Gasteiger partial charge on any atom is 0.224 e. The lowest BCUT2D eigenvalue weighted by Gasteiger charge is -2.10. The number of nitrogens with zero attached hydrogens (tertiary/aromatic N) is 3. The van der Waals surface area contributed by atoms with Crippen LogP contribution in [-0.4, -0.2) is 20.4 Å². The number of hydrogen-bond donors (Lipinski definition) is 1. The number of aryl methyl sites for hydroxylation is 3. The minimum atomic E-state index is 0.0434. The molecule has 1 aromatic carbocycles. The zero-order valence-corrected chi connectivity index (χ0v) is 16.4. The van der Waals surface area contributed by atoms with E-state index in [-0.39, 0.29) is 5.91 Å². The second-order valence-corrected chi connectivity index (χ2v) is 7.48. The van der Waals surface area contributed by atoms with Crippen molar-refractivity contribution in [3.8, 4) is 0 Å². The first kappa shape index (κ1) is 19.1. The Morgan fingerprint density at radius 3 is 2.70 bits per heavy atom. The van der Waals surface area contributed by atoms with Gasteiger partial charge in [0.1, 0.15) is 11.3 Å². The molecule has 1 amide bonds. The number of rotatable bonds is 8. The molecule has 1 N–H and O–H groups in total. The van der Waals surface area contributed by atoms with Gasteiger partial charge in [-0.1, -0.05) is 31.5 Å². The Morgan fingerprint density at radius 2 is 1.96 bits per heavy atom. The highest BCUT2D eigenvalue weighted by atomic mass is 16.1. The van der Waals surface area contributed by atoms with Crippen molar-refractivity contribution < 1.29 is 4.79 Å². The van der Waals surface area contributed by atoms with Crippen molar-refractivity contribution in [2.45, 2.75) is 53.0 Å². The predicted molar refractivity (Wildman–Crippen MR) is 110 cm³/mol. The standard InChI is InChI=1S/C22H28N4O/c1-16(2)13-15-26-20(25-19-6-5-14-23-22(19)26)7-4-8-21(27)24-18-11-9-17(3)10-12-18/h5-6,9-12,14,16H,4,7-8,13,15H2,1-3H3,(H,24,27). The molecule has 142 valence electrons. The zero-order chi connectivity index (χ0) is 19.2. The smallest absolute Gasteiger partial charge is 0.224 e. The first-order chi connectivity index (χ1) is 13.0. The Hall–Kier alpha value is -2.69. The Labute approximate surface area is 160 Å². The van der Waals surface area contributed by atoms with E-state index in [0.717, 1.165) is 48.5 Å². The molecular weight excluding hydrogens is 336 g/mol. The Morgan fingerprint density at radius 1 is 1.19 bits per heavy atom. The molecule has 0 aliphatic carbocycles. The minimum Gasteiger partial charge on any atom is -0.326 e. The topological polar surface area (TPSA) is 59.8 Å². The molecule has 3 aromatic rings. The first-order valence-corrected chi connectivity index (χ1v) is 9.69. The normalized spacial score (nSPS) is 11.3. The fourth-order valence-electron chi connectivity index (χ4n) is 3.09. The summed E-state index contributed by atoms with van der Waals surface area (Å²) in [5, 5.41) is 2.96.